The van der Waals surface area contributed by atoms with Gasteiger partial charge in [-0.2, -0.15) is 0 Å². The van der Waals surface area contributed by atoms with E-state index in [9.17, 15) is 0 Å². The smallest absolute Gasteiger partial charge is 0.145 e. The SMILES string of the molecule is Cc1cccc2ccc3cccc(-c4cccc5ccc6cc(-c7ccc8cc(-c9ccc(-n%10c(-c%11ccccc%11)nc%11ccccc%11%10)cc9)ccc8c7)ccc6c45)c3c12. The summed E-state index contributed by atoms with van der Waals surface area (Å²) in [5.41, 5.74) is 12.9. The Kier molecular flexibility index (Phi) is 7.79. The molecule has 0 aliphatic carbocycles. The molecule has 2 heteroatoms. The molecular formula is C58H38N2. The van der Waals surface area contributed by atoms with E-state index in [1.54, 1.807) is 0 Å². The van der Waals surface area contributed by atoms with E-state index < -0.39 is 0 Å². The van der Waals surface area contributed by atoms with Crippen molar-refractivity contribution in [3.8, 4) is 50.5 Å². The van der Waals surface area contributed by atoms with Crippen LogP contribution in [0, 0.1) is 6.92 Å². The van der Waals surface area contributed by atoms with E-state index in [0.717, 1.165) is 28.1 Å². The average Bonchev–Trinajstić information content (AvgIpc) is 3.71. The molecule has 0 radical (unpaired) electrons. The van der Waals surface area contributed by atoms with Gasteiger partial charge in [0.25, 0.3) is 0 Å². The molecule has 0 saturated heterocycles. The summed E-state index contributed by atoms with van der Waals surface area (Å²) in [6, 6.07) is 77.5. The zero-order chi connectivity index (χ0) is 39.7. The van der Waals surface area contributed by atoms with Crippen molar-refractivity contribution in [1.29, 1.82) is 0 Å². The molecule has 0 N–H and O–H groups in total. The van der Waals surface area contributed by atoms with Crippen LogP contribution < -0.4 is 0 Å². The number of fused-ring (bicyclic) bond motifs is 8. The highest BCUT2D eigenvalue weighted by molar-refractivity contribution is 6.21. The molecule has 12 aromatic rings. The maximum absolute atomic E-state index is 5.03. The van der Waals surface area contributed by atoms with E-state index in [1.165, 1.54) is 92.8 Å². The van der Waals surface area contributed by atoms with Crippen molar-refractivity contribution >= 4 is 64.9 Å². The molecule has 1 heterocycles. The Hall–Kier alpha value is -7.81. The normalized spacial score (nSPS) is 11.8. The lowest BCUT2D eigenvalue weighted by atomic mass is 9.88. The summed E-state index contributed by atoms with van der Waals surface area (Å²) in [5, 5.41) is 12.7. The molecule has 0 aliphatic rings. The first-order valence-corrected chi connectivity index (χ1v) is 20.7. The van der Waals surface area contributed by atoms with E-state index in [4.69, 9.17) is 4.98 Å². The van der Waals surface area contributed by atoms with Crippen LogP contribution in [0.15, 0.2) is 212 Å². The van der Waals surface area contributed by atoms with Gasteiger partial charge in [-0.05, 0) is 142 Å². The van der Waals surface area contributed by atoms with Crippen LogP contribution in [-0.4, -0.2) is 9.55 Å². The lowest BCUT2D eigenvalue weighted by Crippen LogP contribution is -1.97. The molecule has 2 nitrogen and oxygen atoms in total. The number of aromatic nitrogens is 2. The summed E-state index contributed by atoms with van der Waals surface area (Å²) in [6.07, 6.45) is 0. The van der Waals surface area contributed by atoms with E-state index in [1.807, 2.05) is 12.1 Å². The second-order valence-corrected chi connectivity index (χ2v) is 16.0. The summed E-state index contributed by atoms with van der Waals surface area (Å²) in [5.74, 6) is 0.945. The molecule has 11 aromatic carbocycles. The number of nitrogens with zero attached hydrogens (tertiary/aromatic N) is 2. The number of benzene rings is 11. The summed E-state index contributed by atoms with van der Waals surface area (Å²) < 4.78 is 2.26. The number of hydrogen-bond donors (Lipinski definition) is 0. The van der Waals surface area contributed by atoms with Crippen molar-refractivity contribution in [3.63, 3.8) is 0 Å². The van der Waals surface area contributed by atoms with Gasteiger partial charge in [-0.25, -0.2) is 4.98 Å². The maximum atomic E-state index is 5.03. The molecule has 0 saturated carbocycles. The highest BCUT2D eigenvalue weighted by atomic mass is 15.1. The van der Waals surface area contributed by atoms with Crippen LogP contribution in [0.3, 0.4) is 0 Å². The maximum Gasteiger partial charge on any atom is 0.145 e. The first kappa shape index (κ1) is 34.3. The lowest BCUT2D eigenvalue weighted by Gasteiger charge is -2.16. The molecule has 0 spiro atoms. The second-order valence-electron chi connectivity index (χ2n) is 16.0. The third kappa shape index (κ3) is 5.53. The Bertz CT molecular complexity index is 3650. The van der Waals surface area contributed by atoms with Crippen molar-refractivity contribution in [3.05, 3.63) is 218 Å². The van der Waals surface area contributed by atoms with Gasteiger partial charge in [0, 0.05) is 11.3 Å². The van der Waals surface area contributed by atoms with Crippen molar-refractivity contribution in [2.75, 3.05) is 0 Å². The first-order valence-electron chi connectivity index (χ1n) is 20.7. The van der Waals surface area contributed by atoms with Gasteiger partial charge in [0.2, 0.25) is 0 Å². The summed E-state index contributed by atoms with van der Waals surface area (Å²) in [7, 11) is 0. The fraction of sp³-hybridized carbons (Fsp3) is 0.0172. The second kappa shape index (κ2) is 13.7. The highest BCUT2D eigenvalue weighted by Crippen LogP contribution is 2.42. The third-order valence-corrected chi connectivity index (χ3v) is 12.5. The Morgan fingerprint density at radius 1 is 0.350 bits per heavy atom. The van der Waals surface area contributed by atoms with Gasteiger partial charge < -0.3 is 0 Å². The van der Waals surface area contributed by atoms with Gasteiger partial charge in [-0.3, -0.25) is 4.57 Å². The summed E-state index contributed by atoms with van der Waals surface area (Å²) >= 11 is 0. The quantitative estimate of drug-likeness (QED) is 0.160. The number of para-hydroxylation sites is 2. The zero-order valence-electron chi connectivity index (χ0n) is 33.1. The standard InChI is InChI=1S/C58H38N2/c1-37-10-7-13-39-20-21-41-15-9-17-52(57(41)55(37)39)51-16-8-14-40-22-27-48-36-47(30-33-50(48)56(40)51)46-26-25-44-34-43(23-24-45(44)35-46)38-28-31-49(32-29-38)60-54-19-6-5-18-53(54)59-58(60)42-11-3-2-4-12-42/h2-36H,1H3. The molecule has 0 atom stereocenters. The molecule has 60 heavy (non-hydrogen) atoms. The molecule has 1 aromatic heterocycles. The lowest BCUT2D eigenvalue weighted by molar-refractivity contribution is 1.10. The van der Waals surface area contributed by atoms with Gasteiger partial charge in [-0.1, -0.05) is 170 Å². The molecule has 0 bridgehead atoms. The molecule has 0 fully saturated rings. The van der Waals surface area contributed by atoms with Gasteiger partial charge in [-0.15, -0.1) is 0 Å². The Labute approximate surface area is 348 Å². The van der Waals surface area contributed by atoms with Crippen LogP contribution in [0.4, 0.5) is 0 Å². The van der Waals surface area contributed by atoms with Gasteiger partial charge in [0.05, 0.1) is 11.0 Å². The molecule has 0 unspecified atom stereocenters. The predicted molar refractivity (Wildman–Crippen MR) is 255 cm³/mol. The minimum absolute atomic E-state index is 0.945. The number of imidazole rings is 1. The monoisotopic (exact) mass is 762 g/mol. The molecule has 12 rings (SSSR count). The Balaban J connectivity index is 0.895. The highest BCUT2D eigenvalue weighted by Gasteiger charge is 2.16. The summed E-state index contributed by atoms with van der Waals surface area (Å²) in [4.78, 5) is 5.03. The minimum Gasteiger partial charge on any atom is -0.292 e. The average molecular weight is 763 g/mol. The van der Waals surface area contributed by atoms with Crippen LogP contribution in [0.1, 0.15) is 5.56 Å². The Morgan fingerprint density at radius 3 is 1.62 bits per heavy atom. The summed E-state index contributed by atoms with van der Waals surface area (Å²) in [6.45, 7) is 2.23. The fourth-order valence-corrected chi connectivity index (χ4v) is 9.56. The van der Waals surface area contributed by atoms with Crippen LogP contribution in [-0.2, 0) is 0 Å². The van der Waals surface area contributed by atoms with Gasteiger partial charge >= 0.3 is 0 Å². The van der Waals surface area contributed by atoms with Crippen LogP contribution in [0.25, 0.3) is 115 Å². The Morgan fingerprint density at radius 2 is 0.883 bits per heavy atom. The van der Waals surface area contributed by atoms with Gasteiger partial charge in [0.1, 0.15) is 5.82 Å². The van der Waals surface area contributed by atoms with Crippen molar-refractivity contribution in [1.82, 2.24) is 9.55 Å². The van der Waals surface area contributed by atoms with Gasteiger partial charge in [0.15, 0.2) is 0 Å². The van der Waals surface area contributed by atoms with E-state index in [2.05, 4.69) is 212 Å². The van der Waals surface area contributed by atoms with Crippen molar-refractivity contribution in [2.24, 2.45) is 0 Å². The van der Waals surface area contributed by atoms with E-state index in [0.29, 0.717) is 0 Å². The zero-order valence-corrected chi connectivity index (χ0v) is 33.1. The van der Waals surface area contributed by atoms with E-state index >= 15 is 0 Å². The molecule has 280 valence electrons. The van der Waals surface area contributed by atoms with Crippen LogP contribution in [0.5, 0.6) is 0 Å². The van der Waals surface area contributed by atoms with Crippen LogP contribution in [0.2, 0.25) is 0 Å². The topological polar surface area (TPSA) is 17.8 Å². The number of rotatable bonds is 5. The third-order valence-electron chi connectivity index (χ3n) is 12.5. The largest absolute Gasteiger partial charge is 0.292 e. The first-order chi connectivity index (χ1) is 29.6. The molecule has 0 aliphatic heterocycles. The molecule has 0 amide bonds. The predicted octanol–water partition coefficient (Wildman–Crippen LogP) is 15.8. The minimum atomic E-state index is 0.945. The number of aryl methyl sites for hydroxylation is 1. The van der Waals surface area contributed by atoms with Crippen molar-refractivity contribution < 1.29 is 0 Å². The van der Waals surface area contributed by atoms with E-state index in [-0.39, 0.29) is 0 Å². The van der Waals surface area contributed by atoms with Crippen molar-refractivity contribution in [2.45, 2.75) is 6.92 Å². The number of hydrogen-bond acceptors (Lipinski definition) is 1. The molecular weight excluding hydrogens is 725 g/mol. The van der Waals surface area contributed by atoms with Crippen LogP contribution >= 0.6 is 0 Å². The fourth-order valence-electron chi connectivity index (χ4n) is 9.56.